The summed E-state index contributed by atoms with van der Waals surface area (Å²) < 4.78 is 0. The maximum absolute atomic E-state index is 10.5. The second-order valence-electron chi connectivity index (χ2n) is 3.13. The zero-order valence-corrected chi connectivity index (χ0v) is 7.65. The number of hydrogen-bond acceptors (Lipinski definition) is 3. The van der Waals surface area contributed by atoms with Gasteiger partial charge in [0.15, 0.2) is 0 Å². The average Bonchev–Trinajstić information content (AvgIpc) is 2.59. The smallest absolute Gasteiger partial charge is 0.270 e. The summed E-state index contributed by atoms with van der Waals surface area (Å²) in [6.07, 6.45) is 0. The molecule has 0 aliphatic carbocycles. The SMILES string of the molecule is N=C(N)c1cc2cc([N+](=O)[O-])ccc2[nH]1. The molecule has 4 N–H and O–H groups in total. The highest BCUT2D eigenvalue weighted by molar-refractivity contribution is 5.98. The summed E-state index contributed by atoms with van der Waals surface area (Å²) in [4.78, 5) is 12.9. The Bertz CT molecular complexity index is 546. The fraction of sp³-hybridized carbons (Fsp3) is 0. The van der Waals surface area contributed by atoms with Crippen LogP contribution in [0.1, 0.15) is 5.69 Å². The van der Waals surface area contributed by atoms with Crippen LogP contribution in [0.25, 0.3) is 10.9 Å². The molecule has 0 aliphatic heterocycles. The van der Waals surface area contributed by atoms with Gasteiger partial charge >= 0.3 is 0 Å². The Labute approximate surface area is 84.4 Å². The lowest BCUT2D eigenvalue weighted by atomic mass is 10.2. The minimum atomic E-state index is -0.458. The van der Waals surface area contributed by atoms with E-state index in [1.807, 2.05) is 0 Å². The molecule has 0 bridgehead atoms. The fourth-order valence-corrected chi connectivity index (χ4v) is 1.38. The first-order valence-electron chi connectivity index (χ1n) is 4.19. The average molecular weight is 204 g/mol. The molecule has 0 atom stereocenters. The quantitative estimate of drug-likeness (QED) is 0.297. The van der Waals surface area contributed by atoms with Crippen LogP contribution in [0.3, 0.4) is 0 Å². The van der Waals surface area contributed by atoms with Crippen LogP contribution in [0, 0.1) is 15.5 Å². The van der Waals surface area contributed by atoms with Crippen molar-refractivity contribution >= 4 is 22.4 Å². The minimum Gasteiger partial charge on any atom is -0.382 e. The highest BCUT2D eigenvalue weighted by Gasteiger charge is 2.08. The van der Waals surface area contributed by atoms with E-state index in [1.165, 1.54) is 12.1 Å². The number of nitro benzene ring substituents is 1. The number of rotatable bonds is 2. The number of nitrogens with one attached hydrogen (secondary N) is 2. The topological polar surface area (TPSA) is 109 Å². The van der Waals surface area contributed by atoms with E-state index in [0.717, 1.165) is 5.52 Å². The summed E-state index contributed by atoms with van der Waals surface area (Å²) in [5, 5.41) is 18.4. The van der Waals surface area contributed by atoms with Crippen LogP contribution in [0.5, 0.6) is 0 Å². The standard InChI is InChI=1S/C9H8N4O2/c10-9(11)8-4-5-3-6(13(14)15)1-2-7(5)12-8/h1-4,12H,(H3,10,11). The number of nitrogens with two attached hydrogens (primary N) is 1. The lowest BCUT2D eigenvalue weighted by molar-refractivity contribution is -0.384. The Balaban J connectivity index is 2.62. The van der Waals surface area contributed by atoms with E-state index in [1.54, 1.807) is 12.1 Å². The van der Waals surface area contributed by atoms with Gasteiger partial charge in [0.2, 0.25) is 0 Å². The van der Waals surface area contributed by atoms with Crippen molar-refractivity contribution < 1.29 is 4.92 Å². The first kappa shape index (κ1) is 9.20. The van der Waals surface area contributed by atoms with Gasteiger partial charge in [-0.15, -0.1) is 0 Å². The van der Waals surface area contributed by atoms with Crippen LogP contribution in [0.2, 0.25) is 0 Å². The number of H-pyrrole nitrogens is 1. The summed E-state index contributed by atoms with van der Waals surface area (Å²) in [6.45, 7) is 0. The van der Waals surface area contributed by atoms with Gasteiger partial charge in [-0.05, 0) is 12.1 Å². The maximum Gasteiger partial charge on any atom is 0.270 e. The number of amidine groups is 1. The number of hydrogen-bond donors (Lipinski definition) is 3. The molecular weight excluding hydrogens is 196 g/mol. The van der Waals surface area contributed by atoms with Gasteiger partial charge in [0.05, 0.1) is 10.6 Å². The number of aromatic amines is 1. The molecule has 0 radical (unpaired) electrons. The Kier molecular flexibility index (Phi) is 1.89. The van der Waals surface area contributed by atoms with Crippen LogP contribution in [0.4, 0.5) is 5.69 Å². The van der Waals surface area contributed by atoms with Gasteiger partial charge in [-0.3, -0.25) is 15.5 Å². The molecule has 0 saturated carbocycles. The molecule has 0 saturated heterocycles. The molecule has 0 unspecified atom stereocenters. The second kappa shape index (κ2) is 3.09. The van der Waals surface area contributed by atoms with Gasteiger partial charge in [-0.2, -0.15) is 0 Å². The number of fused-ring (bicyclic) bond motifs is 1. The van der Waals surface area contributed by atoms with Crippen molar-refractivity contribution in [1.29, 1.82) is 5.41 Å². The summed E-state index contributed by atoms with van der Waals surface area (Å²) in [7, 11) is 0. The van der Waals surface area contributed by atoms with Gasteiger partial charge in [-0.1, -0.05) is 0 Å². The zero-order valence-electron chi connectivity index (χ0n) is 7.65. The third kappa shape index (κ3) is 1.52. The molecule has 1 heterocycles. The fourth-order valence-electron chi connectivity index (χ4n) is 1.38. The monoisotopic (exact) mass is 204 g/mol. The second-order valence-corrected chi connectivity index (χ2v) is 3.13. The molecule has 6 heteroatoms. The Hall–Kier alpha value is -2.37. The summed E-state index contributed by atoms with van der Waals surface area (Å²) in [5.74, 6) is -0.0890. The van der Waals surface area contributed by atoms with Gasteiger partial charge in [0, 0.05) is 23.0 Å². The third-order valence-electron chi connectivity index (χ3n) is 2.11. The van der Waals surface area contributed by atoms with Crippen molar-refractivity contribution in [3.05, 3.63) is 40.1 Å². The third-order valence-corrected chi connectivity index (χ3v) is 2.11. The van der Waals surface area contributed by atoms with Gasteiger partial charge < -0.3 is 10.7 Å². The number of nitrogen functional groups attached to an aromatic ring is 1. The van der Waals surface area contributed by atoms with Crippen molar-refractivity contribution in [2.45, 2.75) is 0 Å². The van der Waals surface area contributed by atoms with Crippen LogP contribution >= 0.6 is 0 Å². The number of nitrogens with zero attached hydrogens (tertiary/aromatic N) is 1. The van der Waals surface area contributed by atoms with Crippen molar-refractivity contribution in [1.82, 2.24) is 4.98 Å². The number of nitro groups is 1. The first-order valence-corrected chi connectivity index (χ1v) is 4.19. The van der Waals surface area contributed by atoms with E-state index in [2.05, 4.69) is 4.98 Å². The molecular formula is C9H8N4O2. The zero-order chi connectivity index (χ0) is 11.0. The van der Waals surface area contributed by atoms with E-state index in [0.29, 0.717) is 11.1 Å². The molecule has 0 amide bonds. The molecule has 76 valence electrons. The lowest BCUT2D eigenvalue weighted by Gasteiger charge is -1.90. The molecule has 1 aromatic carbocycles. The summed E-state index contributed by atoms with van der Waals surface area (Å²) in [6, 6.07) is 6.06. The molecule has 0 spiro atoms. The first-order chi connectivity index (χ1) is 7.08. The predicted octanol–water partition coefficient (Wildman–Crippen LogP) is 1.36. The largest absolute Gasteiger partial charge is 0.382 e. The van der Waals surface area contributed by atoms with Crippen LogP contribution < -0.4 is 5.73 Å². The van der Waals surface area contributed by atoms with E-state index in [4.69, 9.17) is 11.1 Å². The van der Waals surface area contributed by atoms with E-state index in [-0.39, 0.29) is 11.5 Å². The Morgan fingerprint density at radius 1 is 1.47 bits per heavy atom. The summed E-state index contributed by atoms with van der Waals surface area (Å²) >= 11 is 0. The van der Waals surface area contributed by atoms with Gasteiger partial charge in [-0.25, -0.2) is 0 Å². The normalized spacial score (nSPS) is 10.4. The van der Waals surface area contributed by atoms with Gasteiger partial charge in [0.25, 0.3) is 5.69 Å². The molecule has 1 aromatic heterocycles. The van der Waals surface area contributed by atoms with Crippen molar-refractivity contribution in [3.63, 3.8) is 0 Å². The Morgan fingerprint density at radius 2 is 2.20 bits per heavy atom. The summed E-state index contributed by atoms with van der Waals surface area (Å²) in [5.41, 5.74) is 6.51. The molecule has 15 heavy (non-hydrogen) atoms. The predicted molar refractivity (Wildman–Crippen MR) is 56.0 cm³/mol. The highest BCUT2D eigenvalue weighted by atomic mass is 16.6. The van der Waals surface area contributed by atoms with Crippen molar-refractivity contribution in [2.24, 2.45) is 5.73 Å². The highest BCUT2D eigenvalue weighted by Crippen LogP contribution is 2.21. The lowest BCUT2D eigenvalue weighted by Crippen LogP contribution is -2.10. The van der Waals surface area contributed by atoms with E-state index in [9.17, 15) is 10.1 Å². The molecule has 2 aromatic rings. The molecule has 2 rings (SSSR count). The minimum absolute atomic E-state index is 0.0246. The number of aromatic nitrogens is 1. The Morgan fingerprint density at radius 3 is 2.80 bits per heavy atom. The molecule has 0 fully saturated rings. The number of non-ortho nitro benzene ring substituents is 1. The molecule has 6 nitrogen and oxygen atoms in total. The molecule has 0 aliphatic rings. The van der Waals surface area contributed by atoms with Crippen LogP contribution in [-0.2, 0) is 0 Å². The van der Waals surface area contributed by atoms with Gasteiger partial charge in [0.1, 0.15) is 5.84 Å². The van der Waals surface area contributed by atoms with E-state index >= 15 is 0 Å². The van der Waals surface area contributed by atoms with Crippen molar-refractivity contribution in [3.8, 4) is 0 Å². The maximum atomic E-state index is 10.5. The van der Waals surface area contributed by atoms with Crippen LogP contribution in [0.15, 0.2) is 24.3 Å². The number of benzene rings is 1. The van der Waals surface area contributed by atoms with Crippen LogP contribution in [-0.4, -0.2) is 15.7 Å². The van der Waals surface area contributed by atoms with Crippen molar-refractivity contribution in [2.75, 3.05) is 0 Å². The van der Waals surface area contributed by atoms with E-state index < -0.39 is 4.92 Å².